The van der Waals surface area contributed by atoms with Gasteiger partial charge in [0.15, 0.2) is 0 Å². The van der Waals surface area contributed by atoms with Crippen LogP contribution in [-0.2, 0) is 0 Å². The number of nitrogens with zero attached hydrogens (tertiary/aromatic N) is 1. The lowest BCUT2D eigenvalue weighted by Gasteiger charge is -2.02. The number of aromatic amines is 1. The molecule has 0 amide bonds. The molecule has 0 unspecified atom stereocenters. The van der Waals surface area contributed by atoms with E-state index >= 15 is 0 Å². The van der Waals surface area contributed by atoms with Gasteiger partial charge in [-0.05, 0) is 36.6 Å². The maximum atomic E-state index is 6.23. The van der Waals surface area contributed by atoms with Crippen LogP contribution >= 0.6 is 34.5 Å². The van der Waals surface area contributed by atoms with Gasteiger partial charge < -0.3 is 4.98 Å². The predicted octanol–water partition coefficient (Wildman–Crippen LogP) is 5.42. The minimum absolute atomic E-state index is 0.649. The van der Waals surface area contributed by atoms with Gasteiger partial charge in [0.1, 0.15) is 5.82 Å². The third-order valence-electron chi connectivity index (χ3n) is 2.86. The third kappa shape index (κ3) is 2.41. The van der Waals surface area contributed by atoms with E-state index in [1.54, 1.807) is 23.5 Å². The molecule has 0 bridgehead atoms. The fourth-order valence-electron chi connectivity index (χ4n) is 1.94. The monoisotopic (exact) mass is 308 g/mol. The van der Waals surface area contributed by atoms with E-state index in [0.29, 0.717) is 10.0 Å². The van der Waals surface area contributed by atoms with Crippen LogP contribution in [0, 0.1) is 6.92 Å². The summed E-state index contributed by atoms with van der Waals surface area (Å²) in [4.78, 5) is 7.92. The quantitative estimate of drug-likeness (QED) is 0.672. The molecular weight excluding hydrogens is 299 g/mol. The van der Waals surface area contributed by atoms with E-state index in [1.165, 1.54) is 0 Å². The zero-order valence-electron chi connectivity index (χ0n) is 10.1. The maximum absolute atomic E-state index is 6.23. The van der Waals surface area contributed by atoms with Crippen LogP contribution < -0.4 is 0 Å². The molecule has 0 aliphatic rings. The number of hydrogen-bond donors (Lipinski definition) is 1. The van der Waals surface area contributed by atoms with Crippen LogP contribution in [0.4, 0.5) is 0 Å². The number of halogens is 2. The van der Waals surface area contributed by atoms with E-state index in [4.69, 9.17) is 23.2 Å². The highest BCUT2D eigenvalue weighted by atomic mass is 35.5. The van der Waals surface area contributed by atoms with Crippen LogP contribution in [0.25, 0.3) is 22.6 Å². The van der Waals surface area contributed by atoms with Gasteiger partial charge in [0.2, 0.25) is 0 Å². The van der Waals surface area contributed by atoms with Gasteiger partial charge >= 0.3 is 0 Å². The first-order chi connectivity index (χ1) is 9.15. The van der Waals surface area contributed by atoms with Gasteiger partial charge in [-0.15, -0.1) is 0 Å². The second-order valence-electron chi connectivity index (χ2n) is 4.20. The van der Waals surface area contributed by atoms with E-state index in [2.05, 4.69) is 15.3 Å². The van der Waals surface area contributed by atoms with Crippen LogP contribution in [0.3, 0.4) is 0 Å². The second kappa shape index (κ2) is 5.00. The molecule has 19 heavy (non-hydrogen) atoms. The predicted molar refractivity (Wildman–Crippen MR) is 82.1 cm³/mol. The normalized spacial score (nSPS) is 10.9. The Morgan fingerprint density at radius 3 is 2.79 bits per heavy atom. The summed E-state index contributed by atoms with van der Waals surface area (Å²) in [6.45, 7) is 1.98. The Bertz CT molecular complexity index is 717. The standard InChI is InChI=1S/C14H10Cl2N2S/c1-8-13(11-6-10(15)2-3-12(11)16)18-14(17-8)9-4-5-19-7-9/h2-7H,1H3,(H,17,18). The molecule has 3 aromatic rings. The summed E-state index contributed by atoms with van der Waals surface area (Å²) in [5.74, 6) is 0.852. The van der Waals surface area contributed by atoms with Crippen molar-refractivity contribution in [2.75, 3.05) is 0 Å². The van der Waals surface area contributed by atoms with E-state index in [1.807, 2.05) is 24.4 Å². The van der Waals surface area contributed by atoms with Gasteiger partial charge in [-0.1, -0.05) is 23.2 Å². The van der Waals surface area contributed by atoms with Crippen LogP contribution in [0.15, 0.2) is 35.0 Å². The molecule has 0 spiro atoms. The first-order valence-electron chi connectivity index (χ1n) is 5.70. The van der Waals surface area contributed by atoms with E-state index in [9.17, 15) is 0 Å². The molecule has 0 aliphatic carbocycles. The molecule has 1 N–H and O–H groups in total. The van der Waals surface area contributed by atoms with Crippen molar-refractivity contribution in [2.45, 2.75) is 6.92 Å². The van der Waals surface area contributed by atoms with Crippen molar-refractivity contribution in [3.8, 4) is 22.6 Å². The van der Waals surface area contributed by atoms with Gasteiger partial charge in [0.05, 0.1) is 10.7 Å². The molecule has 0 saturated heterocycles. The summed E-state index contributed by atoms with van der Waals surface area (Å²) in [7, 11) is 0. The highest BCUT2D eigenvalue weighted by Crippen LogP contribution is 2.33. The van der Waals surface area contributed by atoms with Crippen LogP contribution in [-0.4, -0.2) is 9.97 Å². The zero-order chi connectivity index (χ0) is 13.4. The fourth-order valence-corrected chi connectivity index (χ4v) is 2.96. The van der Waals surface area contributed by atoms with Crippen molar-refractivity contribution in [1.29, 1.82) is 0 Å². The first kappa shape index (κ1) is 12.7. The van der Waals surface area contributed by atoms with Crippen molar-refractivity contribution in [3.63, 3.8) is 0 Å². The number of H-pyrrole nitrogens is 1. The minimum Gasteiger partial charge on any atom is -0.342 e. The van der Waals surface area contributed by atoms with Crippen molar-refractivity contribution in [2.24, 2.45) is 0 Å². The molecule has 2 aromatic heterocycles. The number of thiophene rings is 1. The smallest absolute Gasteiger partial charge is 0.139 e. The van der Waals surface area contributed by atoms with Gasteiger partial charge in [0, 0.05) is 27.2 Å². The number of rotatable bonds is 2. The molecule has 1 aromatic carbocycles. The van der Waals surface area contributed by atoms with Gasteiger partial charge in [-0.3, -0.25) is 0 Å². The van der Waals surface area contributed by atoms with Crippen molar-refractivity contribution >= 4 is 34.5 Å². The van der Waals surface area contributed by atoms with Crippen LogP contribution in [0.5, 0.6) is 0 Å². The van der Waals surface area contributed by atoms with Crippen LogP contribution in [0.1, 0.15) is 5.69 Å². The Morgan fingerprint density at radius 1 is 1.21 bits per heavy atom. The number of aryl methyl sites for hydroxylation is 1. The molecule has 0 saturated carbocycles. The fraction of sp³-hybridized carbons (Fsp3) is 0.0714. The molecular formula is C14H10Cl2N2S. The average Bonchev–Trinajstić information content (AvgIpc) is 3.01. The van der Waals surface area contributed by atoms with Crippen molar-refractivity contribution < 1.29 is 0 Å². The summed E-state index contributed by atoms with van der Waals surface area (Å²) < 4.78 is 0. The van der Waals surface area contributed by atoms with Crippen LogP contribution in [0.2, 0.25) is 10.0 Å². The highest BCUT2D eigenvalue weighted by molar-refractivity contribution is 7.08. The Balaban J connectivity index is 2.13. The minimum atomic E-state index is 0.649. The Hall–Kier alpha value is -1.29. The lowest BCUT2D eigenvalue weighted by Crippen LogP contribution is -1.83. The molecule has 0 radical (unpaired) electrons. The number of benzene rings is 1. The molecule has 96 valence electrons. The molecule has 0 aliphatic heterocycles. The Labute approximate surface area is 125 Å². The summed E-state index contributed by atoms with van der Waals surface area (Å²) in [5, 5.41) is 5.38. The second-order valence-corrected chi connectivity index (χ2v) is 5.82. The molecule has 2 heterocycles. The molecule has 3 rings (SSSR count). The summed E-state index contributed by atoms with van der Waals surface area (Å²) in [6, 6.07) is 7.43. The third-order valence-corrected chi connectivity index (χ3v) is 4.11. The van der Waals surface area contributed by atoms with Crippen molar-refractivity contribution in [3.05, 3.63) is 50.8 Å². The maximum Gasteiger partial charge on any atom is 0.139 e. The highest BCUT2D eigenvalue weighted by Gasteiger charge is 2.13. The summed E-state index contributed by atoms with van der Waals surface area (Å²) >= 11 is 13.9. The molecule has 2 nitrogen and oxygen atoms in total. The Morgan fingerprint density at radius 2 is 2.05 bits per heavy atom. The zero-order valence-corrected chi connectivity index (χ0v) is 12.4. The SMILES string of the molecule is Cc1[nH]c(-c2ccsc2)nc1-c1cc(Cl)ccc1Cl. The number of hydrogen-bond acceptors (Lipinski definition) is 2. The van der Waals surface area contributed by atoms with E-state index in [-0.39, 0.29) is 0 Å². The lowest BCUT2D eigenvalue weighted by atomic mass is 10.1. The molecule has 0 atom stereocenters. The summed E-state index contributed by atoms with van der Waals surface area (Å²) in [5.41, 5.74) is 3.75. The number of nitrogens with one attached hydrogen (secondary N) is 1. The van der Waals surface area contributed by atoms with E-state index < -0.39 is 0 Å². The number of aromatic nitrogens is 2. The number of imidazole rings is 1. The van der Waals surface area contributed by atoms with Gasteiger partial charge in [0.25, 0.3) is 0 Å². The van der Waals surface area contributed by atoms with E-state index in [0.717, 1.165) is 28.3 Å². The Kier molecular flexibility index (Phi) is 3.35. The lowest BCUT2D eigenvalue weighted by molar-refractivity contribution is 1.26. The summed E-state index contributed by atoms with van der Waals surface area (Å²) in [6.07, 6.45) is 0. The molecule has 5 heteroatoms. The first-order valence-corrected chi connectivity index (χ1v) is 7.39. The average molecular weight is 309 g/mol. The van der Waals surface area contributed by atoms with Crippen molar-refractivity contribution in [1.82, 2.24) is 9.97 Å². The van der Waals surface area contributed by atoms with Gasteiger partial charge in [-0.25, -0.2) is 4.98 Å². The van der Waals surface area contributed by atoms with Gasteiger partial charge in [-0.2, -0.15) is 11.3 Å². The molecule has 0 fully saturated rings. The largest absolute Gasteiger partial charge is 0.342 e. The topological polar surface area (TPSA) is 28.7 Å².